The van der Waals surface area contributed by atoms with Gasteiger partial charge in [0, 0.05) is 99.9 Å². The minimum atomic E-state index is -0.266. The number of benzene rings is 18. The van der Waals surface area contributed by atoms with Crippen molar-refractivity contribution in [3.63, 3.8) is 0 Å². The molecule has 0 atom stereocenters. The summed E-state index contributed by atoms with van der Waals surface area (Å²) in [6, 6.07) is 137. The van der Waals surface area contributed by atoms with Crippen molar-refractivity contribution in [3.05, 3.63) is 398 Å². The maximum Gasteiger partial charge on any atom is 0.143 e. The largest absolute Gasteiger partial charge is 0.456 e. The second-order valence-electron chi connectivity index (χ2n) is 33.0. The summed E-state index contributed by atoms with van der Waals surface area (Å²) in [5.74, 6) is 3.30. The molecule has 118 heavy (non-hydrogen) atoms. The van der Waals surface area contributed by atoms with Gasteiger partial charge in [0.05, 0.1) is 0 Å². The molecule has 4 aromatic heterocycles. The van der Waals surface area contributed by atoms with Crippen LogP contribution in [-0.2, 0) is 10.8 Å². The molecule has 6 nitrogen and oxygen atoms in total. The second kappa shape index (κ2) is 25.8. The van der Waals surface area contributed by atoms with Crippen LogP contribution in [0.3, 0.4) is 0 Å². The molecule has 0 amide bonds. The zero-order valence-electron chi connectivity index (χ0n) is 65.3. The lowest BCUT2D eigenvalue weighted by Crippen LogP contribution is -2.17. The average Bonchev–Trinajstić information content (AvgIpc) is 1.57. The topological polar surface area (TPSA) is 59.0 Å². The van der Waals surface area contributed by atoms with Gasteiger partial charge in [0.2, 0.25) is 0 Å². The van der Waals surface area contributed by atoms with Crippen molar-refractivity contribution < 1.29 is 17.7 Å². The molecule has 22 aromatic rings. The Kier molecular flexibility index (Phi) is 14.7. The first-order valence-electron chi connectivity index (χ1n) is 40.7. The number of para-hydroxylation sites is 2. The molecule has 0 fully saturated rings. The van der Waals surface area contributed by atoms with E-state index in [0.717, 1.165) is 178 Å². The molecule has 2 aliphatic carbocycles. The summed E-state index contributed by atoms with van der Waals surface area (Å²) in [5.41, 5.74) is 27.8. The monoisotopic (exact) mass is 1510 g/mol. The van der Waals surface area contributed by atoms with Gasteiger partial charge in [0.15, 0.2) is 0 Å². The molecule has 0 bridgehead atoms. The van der Waals surface area contributed by atoms with E-state index in [2.05, 4.69) is 389 Å². The maximum atomic E-state index is 7.32. The number of furan rings is 4. The summed E-state index contributed by atoms with van der Waals surface area (Å²) in [4.78, 5) is 4.83. The van der Waals surface area contributed by atoms with Crippen molar-refractivity contribution in [1.82, 2.24) is 0 Å². The Morgan fingerprint density at radius 2 is 0.551 bits per heavy atom. The Morgan fingerprint density at radius 1 is 0.212 bits per heavy atom. The molecule has 0 unspecified atom stereocenters. The van der Waals surface area contributed by atoms with Gasteiger partial charge >= 0.3 is 0 Å². The summed E-state index contributed by atoms with van der Waals surface area (Å²) >= 11 is 0. The van der Waals surface area contributed by atoms with E-state index in [4.69, 9.17) is 17.7 Å². The van der Waals surface area contributed by atoms with Crippen LogP contribution in [0.15, 0.2) is 394 Å². The Labute approximate surface area is 681 Å². The third-order valence-electron chi connectivity index (χ3n) is 25.5. The van der Waals surface area contributed by atoms with Gasteiger partial charge in [-0.3, -0.25) is 0 Å². The third kappa shape index (κ3) is 10.4. The van der Waals surface area contributed by atoms with Crippen LogP contribution < -0.4 is 9.80 Å². The van der Waals surface area contributed by atoms with Gasteiger partial charge in [-0.05, 0) is 267 Å². The van der Waals surface area contributed by atoms with Crippen LogP contribution in [0.4, 0.5) is 34.1 Å². The fourth-order valence-corrected chi connectivity index (χ4v) is 19.9. The Hall–Kier alpha value is -15.0. The summed E-state index contributed by atoms with van der Waals surface area (Å²) < 4.78 is 27.4. The summed E-state index contributed by atoms with van der Waals surface area (Å²) in [6.45, 7) is 9.55. The second-order valence-corrected chi connectivity index (χ2v) is 33.0. The molecule has 0 radical (unpaired) electrons. The predicted molar refractivity (Wildman–Crippen MR) is 490 cm³/mol. The molecule has 0 N–H and O–H groups in total. The lowest BCUT2D eigenvalue weighted by molar-refractivity contribution is 0.631. The molecular formula is C112H74N2O4. The Morgan fingerprint density at radius 3 is 0.983 bits per heavy atom. The quantitative estimate of drug-likeness (QED) is 0.121. The molecule has 2 aliphatic rings. The van der Waals surface area contributed by atoms with E-state index < -0.39 is 0 Å². The molecule has 6 heteroatoms. The average molecular weight is 1510 g/mol. The normalized spacial score (nSPS) is 13.2. The van der Waals surface area contributed by atoms with E-state index in [1.165, 1.54) is 66.1 Å². The van der Waals surface area contributed by atoms with E-state index >= 15 is 0 Å². The molecule has 0 saturated carbocycles. The molecule has 0 aliphatic heterocycles. The highest BCUT2D eigenvalue weighted by atomic mass is 16.3. The maximum absolute atomic E-state index is 7.32. The number of hydrogen-bond acceptors (Lipinski definition) is 6. The van der Waals surface area contributed by atoms with Crippen LogP contribution in [0, 0.1) is 0 Å². The van der Waals surface area contributed by atoms with E-state index in [1.807, 2.05) is 24.3 Å². The Bertz CT molecular complexity index is 7390. The van der Waals surface area contributed by atoms with Crippen LogP contribution in [0.5, 0.6) is 0 Å². The molecule has 4 heterocycles. The van der Waals surface area contributed by atoms with Crippen molar-refractivity contribution >= 4 is 132 Å². The first-order valence-corrected chi connectivity index (χ1v) is 40.7. The van der Waals surface area contributed by atoms with Gasteiger partial charge in [-0.1, -0.05) is 246 Å². The SMILES string of the molecule is CC1(C)c2cc(N(c3ccc(-c4oc5ccc6c(ccc7oc(-c8ccc(N(c9ccc%10c(c9)C(C)(C)c9c-%10ccc%10ccccc9%10)c9ccc%10cc(-c%11cc%12ccccc%12o%11)ccc%10c9)cc8)c(-c8ccccc8)c76)c5c4-c4ccccc4)cc3)c3ccc4cc(-c5cc6ccccc6o5)ccc4c3)ccc2-c2ccc3ccccc3c21. The lowest BCUT2D eigenvalue weighted by Gasteiger charge is -2.28. The first kappa shape index (κ1) is 67.5. The van der Waals surface area contributed by atoms with Crippen LogP contribution in [0.2, 0.25) is 0 Å². The fraction of sp³-hybridized carbons (Fsp3) is 0.0536. The number of nitrogens with zero attached hydrogens (tertiary/aromatic N) is 2. The smallest absolute Gasteiger partial charge is 0.143 e. The minimum Gasteiger partial charge on any atom is -0.456 e. The van der Waals surface area contributed by atoms with E-state index in [9.17, 15) is 0 Å². The van der Waals surface area contributed by atoms with Crippen molar-refractivity contribution in [2.75, 3.05) is 9.80 Å². The van der Waals surface area contributed by atoms with Crippen LogP contribution in [0.25, 0.3) is 188 Å². The molecule has 18 aromatic carbocycles. The summed E-state index contributed by atoms with van der Waals surface area (Å²) in [5, 5.41) is 16.0. The molecule has 24 rings (SSSR count). The van der Waals surface area contributed by atoms with Crippen molar-refractivity contribution in [1.29, 1.82) is 0 Å². The van der Waals surface area contributed by atoms with Gasteiger partial charge in [-0.2, -0.15) is 0 Å². The van der Waals surface area contributed by atoms with Crippen LogP contribution in [0.1, 0.15) is 49.9 Å². The van der Waals surface area contributed by atoms with Crippen LogP contribution >= 0.6 is 0 Å². The zero-order valence-corrected chi connectivity index (χ0v) is 65.3. The van der Waals surface area contributed by atoms with Gasteiger partial charge in [-0.25, -0.2) is 0 Å². The molecular weight excluding hydrogens is 1440 g/mol. The number of hydrogen-bond donors (Lipinski definition) is 0. The number of rotatable bonds is 12. The summed E-state index contributed by atoms with van der Waals surface area (Å²) in [6.07, 6.45) is 0. The first-order chi connectivity index (χ1) is 57.9. The van der Waals surface area contributed by atoms with E-state index in [-0.39, 0.29) is 10.8 Å². The van der Waals surface area contributed by atoms with E-state index in [0.29, 0.717) is 0 Å². The highest BCUT2D eigenvalue weighted by Gasteiger charge is 2.40. The predicted octanol–water partition coefficient (Wildman–Crippen LogP) is 32.0. The van der Waals surface area contributed by atoms with Gasteiger partial charge in [0.25, 0.3) is 0 Å². The van der Waals surface area contributed by atoms with Crippen LogP contribution in [-0.4, -0.2) is 0 Å². The molecule has 0 spiro atoms. The standard InChI is InChI=1S/C112H74N2O4/c1-111(2)95-65-85(49-53-89(95)93-51-41-67-19-11-15-27-87(67)107(93)111)113(83-47-39-73-59-79(33-31-75(73)61-83)101-63-77-25-13-17-29-97(77)115-101)81-43-35-71(36-44-81)109-103(69-21-7-5-8-22-69)105-91-56-58-100-106(92(91)55-57-99(105)117-109)104(70-23-9-6-10-24-70)110(118-100)72-37-45-82(46-38-72)114(84-48-40-74-60-80(34-32-76(74)62-84)102-64-78-26-14-18-30-98(78)116-102)86-50-54-90-94-52-42-68-20-12-16-28-88(68)108(94)112(3,4)96(90)66-86/h5-66H,1-4H3. The third-order valence-corrected chi connectivity index (χ3v) is 25.5. The highest BCUT2D eigenvalue weighted by molar-refractivity contribution is 6.25. The van der Waals surface area contributed by atoms with Crippen molar-refractivity contribution in [2.45, 2.75) is 38.5 Å². The van der Waals surface area contributed by atoms with Crippen molar-refractivity contribution in [2.24, 2.45) is 0 Å². The number of anilines is 6. The van der Waals surface area contributed by atoms with E-state index in [1.54, 1.807) is 0 Å². The van der Waals surface area contributed by atoms with Gasteiger partial charge < -0.3 is 27.5 Å². The minimum absolute atomic E-state index is 0.266. The Balaban J connectivity index is 0.622. The molecule has 556 valence electrons. The highest BCUT2D eigenvalue weighted by Crippen LogP contribution is 2.57. The molecule has 0 saturated heterocycles. The fourth-order valence-electron chi connectivity index (χ4n) is 19.9. The van der Waals surface area contributed by atoms with Gasteiger partial charge in [0.1, 0.15) is 45.4 Å². The summed E-state index contributed by atoms with van der Waals surface area (Å²) in [7, 11) is 0. The van der Waals surface area contributed by atoms with Gasteiger partial charge in [-0.15, -0.1) is 0 Å². The van der Waals surface area contributed by atoms with Crippen molar-refractivity contribution in [3.8, 4) is 89.8 Å². The zero-order chi connectivity index (χ0) is 78.2. The lowest BCUT2D eigenvalue weighted by atomic mass is 9.80. The number of fused-ring (bicyclic) bond motifs is 19.